The van der Waals surface area contributed by atoms with Crippen LogP contribution in [0.3, 0.4) is 0 Å². The predicted molar refractivity (Wildman–Crippen MR) is 96.6 cm³/mol. The summed E-state index contributed by atoms with van der Waals surface area (Å²) in [4.78, 5) is 14.7. The molecule has 0 radical (unpaired) electrons. The Kier molecular flexibility index (Phi) is 4.82. The molecule has 0 amide bonds. The summed E-state index contributed by atoms with van der Waals surface area (Å²) < 4.78 is 11.1. The quantitative estimate of drug-likeness (QED) is 0.291. The first kappa shape index (κ1) is 19.4. The minimum Gasteiger partial charge on any atom is -0.500 e. The van der Waals surface area contributed by atoms with E-state index < -0.39 is 16.4 Å². The Morgan fingerprint density at radius 3 is 2.57 bits per heavy atom. The van der Waals surface area contributed by atoms with E-state index >= 15 is 0 Å². The predicted octanol–water partition coefficient (Wildman–Crippen LogP) is 3.13. The molecule has 0 aliphatic heterocycles. The first-order chi connectivity index (χ1) is 13.2. The van der Waals surface area contributed by atoms with Crippen molar-refractivity contribution in [1.82, 2.24) is 10.1 Å². The Morgan fingerprint density at radius 2 is 1.96 bits per heavy atom. The van der Waals surface area contributed by atoms with E-state index in [0.717, 1.165) is 10.8 Å². The first-order valence-corrected chi connectivity index (χ1v) is 8.35. The molecule has 0 fully saturated rings. The van der Waals surface area contributed by atoms with Crippen molar-refractivity contribution >= 4 is 17.3 Å². The van der Waals surface area contributed by atoms with Gasteiger partial charge in [-0.15, -0.1) is 0 Å². The zero-order valence-electron chi connectivity index (χ0n) is 15.3. The largest absolute Gasteiger partial charge is 0.500 e. The second kappa shape index (κ2) is 6.97. The topological polar surface area (TPSA) is 136 Å². The van der Waals surface area contributed by atoms with E-state index in [0.29, 0.717) is 27.5 Å². The molecule has 0 atom stereocenters. The van der Waals surface area contributed by atoms with Gasteiger partial charge in [-0.05, 0) is 18.6 Å². The fraction of sp³-hybridized carbons (Fsp3) is 0.235. The molecule has 1 aromatic carbocycles. The highest BCUT2D eigenvalue weighted by atomic mass is 35.5. The van der Waals surface area contributed by atoms with E-state index in [1.165, 1.54) is 13.2 Å². The second-order valence-electron chi connectivity index (χ2n) is 6.02. The van der Waals surface area contributed by atoms with Crippen molar-refractivity contribution in [3.05, 3.63) is 44.2 Å². The number of halogens is 1. The minimum atomic E-state index is -0.749. The zero-order chi connectivity index (χ0) is 20.7. The number of hydrogen-bond donors (Lipinski definition) is 2. The lowest BCUT2D eigenvalue weighted by molar-refractivity contribution is -0.912. The number of nitro groups is 1. The summed E-state index contributed by atoms with van der Waals surface area (Å²) in [5.41, 5.74) is 1.64. The number of aromatic hydroxyl groups is 1. The summed E-state index contributed by atoms with van der Waals surface area (Å²) >= 11 is 6.26. The van der Waals surface area contributed by atoms with Crippen LogP contribution < -0.4 is 9.47 Å². The van der Waals surface area contributed by atoms with Crippen LogP contribution in [0.1, 0.15) is 17.0 Å². The monoisotopic (exact) mass is 407 g/mol. The van der Waals surface area contributed by atoms with Crippen LogP contribution in [0.5, 0.6) is 11.5 Å². The van der Waals surface area contributed by atoms with Gasteiger partial charge in [-0.2, -0.15) is 4.98 Å². The molecule has 2 N–H and O–H groups in total. The van der Waals surface area contributed by atoms with Gasteiger partial charge in [0, 0.05) is 24.6 Å². The van der Waals surface area contributed by atoms with Crippen LogP contribution in [0.2, 0.25) is 5.02 Å². The molecule has 3 rings (SSSR count). The molecule has 146 valence electrons. The molecule has 0 unspecified atom stereocenters. The van der Waals surface area contributed by atoms with Gasteiger partial charge in [0.25, 0.3) is 5.89 Å². The highest BCUT2D eigenvalue weighted by Gasteiger charge is 2.28. The van der Waals surface area contributed by atoms with E-state index in [1.54, 1.807) is 20.8 Å². The van der Waals surface area contributed by atoms with Crippen molar-refractivity contribution in [2.24, 2.45) is 0 Å². The Morgan fingerprint density at radius 1 is 1.29 bits per heavy atom. The van der Waals surface area contributed by atoms with E-state index in [2.05, 4.69) is 10.1 Å². The van der Waals surface area contributed by atoms with Gasteiger partial charge in [-0.3, -0.25) is 15.3 Å². The molecule has 28 heavy (non-hydrogen) atoms. The summed E-state index contributed by atoms with van der Waals surface area (Å²) in [6.45, 7) is 5.08. The van der Waals surface area contributed by atoms with Crippen LogP contribution in [-0.4, -0.2) is 32.5 Å². The summed E-state index contributed by atoms with van der Waals surface area (Å²) in [6.07, 6.45) is 0. The number of hydrogen-bond acceptors (Lipinski definition) is 8. The Hall–Kier alpha value is -3.40. The third-order valence-corrected chi connectivity index (χ3v) is 4.94. The van der Waals surface area contributed by atoms with Crippen LogP contribution in [-0.2, 0) is 0 Å². The number of methoxy groups -OCH3 is 1. The lowest BCUT2D eigenvalue weighted by atomic mass is 10.1. The maximum atomic E-state index is 11.2. The summed E-state index contributed by atoms with van der Waals surface area (Å²) in [5.74, 6) is -0.599. The second-order valence-corrected chi connectivity index (χ2v) is 6.40. The first-order valence-electron chi connectivity index (χ1n) is 7.97. The molecule has 11 heteroatoms. The number of aromatic nitrogens is 3. The van der Waals surface area contributed by atoms with Gasteiger partial charge in [0.2, 0.25) is 23.0 Å². The van der Waals surface area contributed by atoms with Crippen molar-refractivity contribution in [1.29, 1.82) is 0 Å². The molecular formula is C17H16ClN4O6+. The highest BCUT2D eigenvalue weighted by Crippen LogP contribution is 2.40. The average Bonchev–Trinajstić information content (AvgIpc) is 3.14. The van der Waals surface area contributed by atoms with Crippen molar-refractivity contribution < 1.29 is 29.2 Å². The molecule has 0 aliphatic carbocycles. The van der Waals surface area contributed by atoms with Gasteiger partial charge in [0.1, 0.15) is 5.02 Å². The number of nitrogens with zero attached hydrogens (tertiary/aromatic N) is 4. The van der Waals surface area contributed by atoms with E-state index in [9.17, 15) is 20.4 Å². The van der Waals surface area contributed by atoms with Crippen LogP contribution in [0.15, 0.2) is 16.7 Å². The van der Waals surface area contributed by atoms with Gasteiger partial charge in [-0.1, -0.05) is 16.8 Å². The third kappa shape index (κ3) is 2.97. The Labute approximate surface area is 163 Å². The summed E-state index contributed by atoms with van der Waals surface area (Å²) in [6, 6.07) is 2.44. The van der Waals surface area contributed by atoms with Crippen molar-refractivity contribution in [2.75, 3.05) is 7.11 Å². The molecule has 0 saturated heterocycles. The summed E-state index contributed by atoms with van der Waals surface area (Å²) in [7, 11) is 1.27. The number of phenolic OH excluding ortho intramolecular Hbond substituents is 1. The fourth-order valence-corrected chi connectivity index (χ4v) is 3.06. The smallest absolute Gasteiger partial charge is 0.315 e. The van der Waals surface area contributed by atoms with Crippen molar-refractivity contribution in [3.8, 4) is 34.3 Å². The molecule has 0 bridgehead atoms. The molecule has 0 aliphatic rings. The SMILES string of the molecule is COc1cc(-c2nc(-c3c(C)c(Cl)c(C)[n+](O)c3C)no2)cc([N+](=O)[O-])c1O. The number of pyridine rings is 1. The Balaban J connectivity index is 2.17. The lowest BCUT2D eigenvalue weighted by Gasteiger charge is -2.06. The van der Waals surface area contributed by atoms with E-state index in [1.807, 2.05) is 0 Å². The Bertz CT molecular complexity index is 1080. The van der Waals surface area contributed by atoms with Gasteiger partial charge >= 0.3 is 5.69 Å². The normalized spacial score (nSPS) is 10.9. The number of nitro benzene ring substituents is 1. The zero-order valence-corrected chi connectivity index (χ0v) is 16.1. The highest BCUT2D eigenvalue weighted by molar-refractivity contribution is 6.32. The number of benzene rings is 1. The number of rotatable bonds is 4. The van der Waals surface area contributed by atoms with Gasteiger partial charge in [-0.25, -0.2) is 0 Å². The molecule has 10 nitrogen and oxygen atoms in total. The average molecular weight is 408 g/mol. The van der Waals surface area contributed by atoms with Crippen molar-refractivity contribution in [3.63, 3.8) is 0 Å². The number of phenols is 1. The molecule has 3 aromatic rings. The fourth-order valence-electron chi connectivity index (χ4n) is 2.89. The molecule has 2 heterocycles. The summed E-state index contributed by atoms with van der Waals surface area (Å²) in [5, 5.41) is 35.5. The van der Waals surface area contributed by atoms with Gasteiger partial charge < -0.3 is 14.4 Å². The minimum absolute atomic E-state index is 0.0311. The van der Waals surface area contributed by atoms with E-state index in [4.69, 9.17) is 20.9 Å². The van der Waals surface area contributed by atoms with Crippen LogP contribution >= 0.6 is 11.6 Å². The molecule has 0 saturated carbocycles. The standard InChI is InChI=1S/C17H15ClN4O6/c1-7-13(8(2)21(24)9(3)14(7)18)16-19-17(28-20-16)10-5-11(22(25)26)15(23)12(6-10)27-4/h5-6H,1-4H3,(H-,19,20,23,24)/p+1. The molecule has 0 spiro atoms. The molecular weight excluding hydrogens is 392 g/mol. The maximum absolute atomic E-state index is 11.2. The van der Waals surface area contributed by atoms with Crippen LogP contribution in [0.4, 0.5) is 5.69 Å². The van der Waals surface area contributed by atoms with Crippen LogP contribution in [0.25, 0.3) is 22.8 Å². The van der Waals surface area contributed by atoms with E-state index in [-0.39, 0.29) is 23.0 Å². The third-order valence-electron chi connectivity index (χ3n) is 4.39. The van der Waals surface area contributed by atoms with Gasteiger partial charge in [0.15, 0.2) is 5.75 Å². The lowest BCUT2D eigenvalue weighted by Crippen LogP contribution is -2.38. The van der Waals surface area contributed by atoms with Crippen molar-refractivity contribution in [2.45, 2.75) is 20.8 Å². The van der Waals surface area contributed by atoms with Crippen LogP contribution in [0, 0.1) is 30.9 Å². The maximum Gasteiger partial charge on any atom is 0.315 e. The number of ether oxygens (including phenoxy) is 1. The molecule has 2 aromatic heterocycles. The van der Waals surface area contributed by atoms with Gasteiger partial charge in [0.05, 0.1) is 23.2 Å².